The van der Waals surface area contributed by atoms with E-state index in [1.165, 1.54) is 0 Å². The summed E-state index contributed by atoms with van der Waals surface area (Å²) in [6, 6.07) is 13.5. The number of tetrazole rings is 1. The predicted molar refractivity (Wildman–Crippen MR) is 69.9 cm³/mol. The van der Waals surface area contributed by atoms with Crippen LogP contribution in [0, 0.1) is 0 Å². The first-order valence-corrected chi connectivity index (χ1v) is 5.98. The fourth-order valence-electron chi connectivity index (χ4n) is 1.82. The van der Waals surface area contributed by atoms with E-state index in [9.17, 15) is 0 Å². The first-order valence-electron chi connectivity index (χ1n) is 5.98. The summed E-state index contributed by atoms with van der Waals surface area (Å²) in [5.74, 6) is 1.41. The second-order valence-electron chi connectivity index (χ2n) is 4.13. The van der Waals surface area contributed by atoms with Crippen LogP contribution in [0.2, 0.25) is 0 Å². The van der Waals surface area contributed by atoms with Crippen molar-refractivity contribution in [3.8, 4) is 5.69 Å². The first-order chi connectivity index (χ1) is 9.34. The Bertz CT molecular complexity index is 632. The molecule has 3 aromatic rings. The molecule has 0 fully saturated rings. The minimum Gasteiger partial charge on any atom is -0.467 e. The monoisotopic (exact) mass is 255 g/mol. The topological polar surface area (TPSA) is 68.8 Å². The second kappa shape index (κ2) is 4.93. The van der Waals surface area contributed by atoms with Crippen molar-refractivity contribution in [3.63, 3.8) is 0 Å². The summed E-state index contributed by atoms with van der Waals surface area (Å²) in [5.41, 5.74) is 0.904. The Kier molecular flexibility index (Phi) is 2.97. The number of benzene rings is 1. The van der Waals surface area contributed by atoms with Crippen LogP contribution >= 0.6 is 0 Å². The summed E-state index contributed by atoms with van der Waals surface area (Å²) in [6.45, 7) is 1.99. The molecule has 0 saturated heterocycles. The Hall–Kier alpha value is -2.63. The van der Waals surface area contributed by atoms with Gasteiger partial charge >= 0.3 is 0 Å². The van der Waals surface area contributed by atoms with Crippen molar-refractivity contribution in [2.24, 2.45) is 0 Å². The fourth-order valence-corrected chi connectivity index (χ4v) is 1.82. The molecule has 2 heterocycles. The van der Waals surface area contributed by atoms with Crippen LogP contribution in [0.5, 0.6) is 0 Å². The van der Waals surface area contributed by atoms with E-state index in [-0.39, 0.29) is 6.04 Å². The van der Waals surface area contributed by atoms with Crippen LogP contribution in [0.4, 0.5) is 5.95 Å². The van der Waals surface area contributed by atoms with Crippen molar-refractivity contribution in [2.75, 3.05) is 5.32 Å². The first kappa shape index (κ1) is 11.5. The number of hydrogen-bond donors (Lipinski definition) is 1. The van der Waals surface area contributed by atoms with Gasteiger partial charge in [-0.3, -0.25) is 0 Å². The van der Waals surface area contributed by atoms with Gasteiger partial charge in [0.15, 0.2) is 0 Å². The summed E-state index contributed by atoms with van der Waals surface area (Å²) in [7, 11) is 0. The summed E-state index contributed by atoms with van der Waals surface area (Å²) in [5, 5.41) is 14.9. The normalized spacial score (nSPS) is 12.3. The van der Waals surface area contributed by atoms with Crippen molar-refractivity contribution in [2.45, 2.75) is 13.0 Å². The maximum atomic E-state index is 5.35. The maximum absolute atomic E-state index is 5.35. The van der Waals surface area contributed by atoms with Gasteiger partial charge in [0, 0.05) is 0 Å². The van der Waals surface area contributed by atoms with Crippen molar-refractivity contribution >= 4 is 5.95 Å². The van der Waals surface area contributed by atoms with Crippen LogP contribution < -0.4 is 5.32 Å². The molecule has 6 nitrogen and oxygen atoms in total. The number of hydrogen-bond acceptors (Lipinski definition) is 5. The summed E-state index contributed by atoms with van der Waals surface area (Å²) in [4.78, 5) is 0. The molecule has 0 amide bonds. The molecule has 1 atom stereocenters. The van der Waals surface area contributed by atoms with Crippen molar-refractivity contribution in [1.82, 2.24) is 20.2 Å². The molecule has 0 aliphatic heterocycles. The summed E-state index contributed by atoms with van der Waals surface area (Å²) >= 11 is 0. The molecule has 96 valence electrons. The third-order valence-corrected chi connectivity index (χ3v) is 2.79. The number of nitrogens with zero attached hydrogens (tertiary/aromatic N) is 4. The van der Waals surface area contributed by atoms with Crippen molar-refractivity contribution < 1.29 is 4.42 Å². The van der Waals surface area contributed by atoms with Crippen LogP contribution in [0.25, 0.3) is 5.69 Å². The van der Waals surface area contributed by atoms with Gasteiger partial charge in [-0.2, -0.15) is 4.68 Å². The van der Waals surface area contributed by atoms with Crippen LogP contribution in [-0.4, -0.2) is 20.2 Å². The smallest absolute Gasteiger partial charge is 0.248 e. The van der Waals surface area contributed by atoms with Crippen molar-refractivity contribution in [1.29, 1.82) is 0 Å². The zero-order valence-corrected chi connectivity index (χ0v) is 10.4. The third-order valence-electron chi connectivity index (χ3n) is 2.79. The van der Waals surface area contributed by atoms with Gasteiger partial charge in [0.25, 0.3) is 0 Å². The van der Waals surface area contributed by atoms with Gasteiger partial charge in [-0.1, -0.05) is 23.3 Å². The van der Waals surface area contributed by atoms with E-state index in [0.29, 0.717) is 5.95 Å². The summed E-state index contributed by atoms with van der Waals surface area (Å²) in [6.07, 6.45) is 1.65. The Balaban J connectivity index is 1.85. The van der Waals surface area contributed by atoms with E-state index in [2.05, 4.69) is 20.8 Å². The van der Waals surface area contributed by atoms with E-state index in [0.717, 1.165) is 11.4 Å². The molecule has 0 aliphatic rings. The van der Waals surface area contributed by atoms with Crippen molar-refractivity contribution in [3.05, 3.63) is 54.5 Å². The van der Waals surface area contributed by atoms with E-state index < -0.39 is 0 Å². The highest BCUT2D eigenvalue weighted by Gasteiger charge is 2.13. The van der Waals surface area contributed by atoms with Gasteiger partial charge in [0.2, 0.25) is 5.95 Å². The molecule has 19 heavy (non-hydrogen) atoms. The average molecular weight is 255 g/mol. The van der Waals surface area contributed by atoms with Crippen LogP contribution in [-0.2, 0) is 0 Å². The molecule has 1 aromatic carbocycles. The molecule has 2 aromatic heterocycles. The number of rotatable bonds is 4. The van der Waals surface area contributed by atoms with Gasteiger partial charge < -0.3 is 9.73 Å². The molecule has 0 bridgehead atoms. The SMILES string of the molecule is CC(Nc1nnnn1-c1ccccc1)c1ccco1. The van der Waals surface area contributed by atoms with Gasteiger partial charge in [-0.05, 0) is 41.6 Å². The minimum atomic E-state index is -0.0107. The standard InChI is InChI=1S/C13H13N5O/c1-10(12-8-5-9-19-12)14-13-15-16-17-18(13)11-6-3-2-4-7-11/h2-10H,1H3,(H,14,15,17). The lowest BCUT2D eigenvalue weighted by molar-refractivity contribution is 0.489. The molecule has 1 unspecified atom stereocenters. The Labute approximate surface area is 110 Å². The average Bonchev–Trinajstić information content (AvgIpc) is 3.11. The van der Waals surface area contributed by atoms with E-state index in [1.54, 1.807) is 10.9 Å². The predicted octanol–water partition coefficient (Wildman–Crippen LogP) is 2.43. The van der Waals surface area contributed by atoms with Crippen LogP contribution in [0.3, 0.4) is 0 Å². The number of para-hydroxylation sites is 1. The van der Waals surface area contributed by atoms with Crippen LogP contribution in [0.15, 0.2) is 53.1 Å². The molecule has 0 saturated carbocycles. The van der Waals surface area contributed by atoms with Crippen LogP contribution in [0.1, 0.15) is 18.7 Å². The molecular weight excluding hydrogens is 242 g/mol. The Morgan fingerprint density at radius 1 is 1.16 bits per heavy atom. The Morgan fingerprint density at radius 3 is 2.74 bits per heavy atom. The third kappa shape index (κ3) is 2.33. The highest BCUT2D eigenvalue weighted by atomic mass is 16.3. The van der Waals surface area contributed by atoms with Gasteiger partial charge in [0.1, 0.15) is 5.76 Å². The minimum absolute atomic E-state index is 0.0107. The lowest BCUT2D eigenvalue weighted by Gasteiger charge is -2.11. The van der Waals surface area contributed by atoms with Gasteiger partial charge in [0.05, 0.1) is 18.0 Å². The highest BCUT2D eigenvalue weighted by Crippen LogP contribution is 2.19. The lowest BCUT2D eigenvalue weighted by atomic mass is 10.2. The second-order valence-corrected chi connectivity index (χ2v) is 4.13. The largest absolute Gasteiger partial charge is 0.467 e. The summed E-state index contributed by atoms with van der Waals surface area (Å²) < 4.78 is 7.00. The molecule has 0 radical (unpaired) electrons. The molecule has 0 aliphatic carbocycles. The maximum Gasteiger partial charge on any atom is 0.248 e. The van der Waals surface area contributed by atoms with E-state index in [4.69, 9.17) is 4.42 Å². The van der Waals surface area contributed by atoms with Gasteiger partial charge in [-0.25, -0.2) is 0 Å². The number of furan rings is 1. The Morgan fingerprint density at radius 2 is 2.00 bits per heavy atom. The fraction of sp³-hybridized carbons (Fsp3) is 0.154. The lowest BCUT2D eigenvalue weighted by Crippen LogP contribution is -2.11. The zero-order valence-electron chi connectivity index (χ0n) is 10.4. The molecular formula is C13H13N5O. The van der Waals surface area contributed by atoms with E-state index in [1.807, 2.05) is 49.4 Å². The zero-order chi connectivity index (χ0) is 13.1. The number of anilines is 1. The van der Waals surface area contributed by atoms with E-state index >= 15 is 0 Å². The molecule has 1 N–H and O–H groups in total. The highest BCUT2D eigenvalue weighted by molar-refractivity contribution is 5.39. The number of nitrogens with one attached hydrogen (secondary N) is 1. The number of aromatic nitrogens is 4. The molecule has 6 heteroatoms. The van der Waals surface area contributed by atoms with Gasteiger partial charge in [-0.15, -0.1) is 0 Å². The quantitative estimate of drug-likeness (QED) is 0.775. The molecule has 0 spiro atoms. The molecule has 3 rings (SSSR count).